The van der Waals surface area contributed by atoms with E-state index in [1.54, 1.807) is 50.2 Å². The Bertz CT molecular complexity index is 1090. The number of aromatic nitrogens is 2. The average Bonchev–Trinajstić information content (AvgIpc) is 3.16. The lowest BCUT2D eigenvalue weighted by molar-refractivity contribution is -0.118. The van der Waals surface area contributed by atoms with Crippen molar-refractivity contribution in [1.29, 1.82) is 0 Å². The summed E-state index contributed by atoms with van der Waals surface area (Å²) in [6.45, 7) is 2.99. The van der Waals surface area contributed by atoms with Crippen LogP contribution in [0.4, 0.5) is 6.01 Å². The summed E-state index contributed by atoms with van der Waals surface area (Å²) in [4.78, 5) is 12.2. The van der Waals surface area contributed by atoms with Crippen molar-refractivity contribution in [3.63, 3.8) is 0 Å². The fourth-order valence-corrected chi connectivity index (χ4v) is 3.47. The predicted octanol–water partition coefficient (Wildman–Crippen LogP) is 3.59. The summed E-state index contributed by atoms with van der Waals surface area (Å²) in [5.41, 5.74) is 0.526. The Morgan fingerprint density at radius 1 is 1.10 bits per heavy atom. The quantitative estimate of drug-likeness (QED) is 0.603. The zero-order chi connectivity index (χ0) is 21.0. The average molecular weight is 436 g/mol. The zero-order valence-corrected chi connectivity index (χ0v) is 17.2. The van der Waals surface area contributed by atoms with Gasteiger partial charge in [-0.1, -0.05) is 16.7 Å². The minimum atomic E-state index is -3.36. The molecular formula is C19H18ClN3O5S. The Morgan fingerprint density at radius 3 is 2.38 bits per heavy atom. The molecule has 1 aromatic heterocycles. The van der Waals surface area contributed by atoms with Gasteiger partial charge in [-0.3, -0.25) is 10.1 Å². The van der Waals surface area contributed by atoms with E-state index >= 15 is 0 Å². The van der Waals surface area contributed by atoms with Crippen LogP contribution in [0.3, 0.4) is 0 Å². The number of hydrogen-bond donors (Lipinski definition) is 1. The summed E-state index contributed by atoms with van der Waals surface area (Å²) in [5, 5.41) is 10.1. The number of sulfone groups is 1. The molecule has 29 heavy (non-hydrogen) atoms. The first-order chi connectivity index (χ1) is 13.8. The molecule has 0 saturated heterocycles. The minimum absolute atomic E-state index is 0.0939. The second-order valence-electron chi connectivity index (χ2n) is 6.32. The Hall–Kier alpha value is -2.91. The van der Waals surface area contributed by atoms with Crippen molar-refractivity contribution >= 4 is 33.4 Å². The van der Waals surface area contributed by atoms with Crippen molar-refractivity contribution in [3.05, 3.63) is 53.6 Å². The van der Waals surface area contributed by atoms with Gasteiger partial charge >= 0.3 is 6.01 Å². The normalized spacial score (nSPS) is 11.4. The summed E-state index contributed by atoms with van der Waals surface area (Å²) in [7, 11) is -3.36. The van der Waals surface area contributed by atoms with E-state index in [1.807, 2.05) is 0 Å². The van der Waals surface area contributed by atoms with Crippen LogP contribution in [0.15, 0.2) is 57.8 Å². The first-order valence-corrected chi connectivity index (χ1v) is 10.5. The van der Waals surface area contributed by atoms with Crippen LogP contribution in [-0.4, -0.2) is 36.4 Å². The van der Waals surface area contributed by atoms with Crippen molar-refractivity contribution < 1.29 is 22.4 Å². The molecule has 1 heterocycles. The number of benzene rings is 2. The van der Waals surface area contributed by atoms with Crippen molar-refractivity contribution in [3.8, 4) is 17.2 Å². The van der Waals surface area contributed by atoms with Gasteiger partial charge in [0.25, 0.3) is 5.91 Å². The Kier molecular flexibility index (Phi) is 6.19. The predicted molar refractivity (Wildman–Crippen MR) is 108 cm³/mol. The van der Waals surface area contributed by atoms with E-state index in [0.717, 1.165) is 0 Å². The standard InChI is InChI=1S/C19H18ClN3O5S/c1-12(2)29(25,26)16-9-3-13(4-10-16)18-22-23-19(28-18)21-17(24)11-27-15-7-5-14(20)6-8-15/h3-10,12H,11H2,1-2H3,(H,21,23,24). The monoisotopic (exact) mass is 435 g/mol. The summed E-state index contributed by atoms with van der Waals surface area (Å²) in [6, 6.07) is 12.6. The van der Waals surface area contributed by atoms with Gasteiger partial charge in [0.1, 0.15) is 5.75 Å². The van der Waals surface area contributed by atoms with Crippen LogP contribution >= 0.6 is 11.6 Å². The molecule has 1 N–H and O–H groups in total. The molecule has 152 valence electrons. The van der Waals surface area contributed by atoms with Crippen LogP contribution in [0.1, 0.15) is 13.8 Å². The molecule has 3 aromatic rings. The first kappa shape index (κ1) is 20.8. The molecule has 0 radical (unpaired) electrons. The summed E-state index contributed by atoms with van der Waals surface area (Å²) >= 11 is 5.79. The molecule has 0 saturated carbocycles. The van der Waals surface area contributed by atoms with Gasteiger partial charge in [-0.15, -0.1) is 5.10 Å². The van der Waals surface area contributed by atoms with Gasteiger partial charge in [-0.25, -0.2) is 8.42 Å². The number of ether oxygens (including phenoxy) is 1. The van der Waals surface area contributed by atoms with Gasteiger partial charge in [0, 0.05) is 10.6 Å². The third-order valence-corrected chi connectivity index (χ3v) is 6.33. The highest BCUT2D eigenvalue weighted by Crippen LogP contribution is 2.23. The van der Waals surface area contributed by atoms with Crippen molar-refractivity contribution in [2.24, 2.45) is 0 Å². The van der Waals surface area contributed by atoms with E-state index < -0.39 is 21.0 Å². The number of nitrogens with zero attached hydrogens (tertiary/aromatic N) is 2. The third-order valence-electron chi connectivity index (χ3n) is 3.91. The second-order valence-corrected chi connectivity index (χ2v) is 9.26. The fraction of sp³-hybridized carbons (Fsp3) is 0.211. The fourth-order valence-electron chi connectivity index (χ4n) is 2.28. The van der Waals surface area contributed by atoms with Gasteiger partial charge in [0.2, 0.25) is 5.89 Å². The van der Waals surface area contributed by atoms with E-state index in [2.05, 4.69) is 15.5 Å². The maximum absolute atomic E-state index is 12.2. The number of amides is 1. The van der Waals surface area contributed by atoms with Crippen molar-refractivity contribution in [1.82, 2.24) is 10.2 Å². The van der Waals surface area contributed by atoms with Crippen LogP contribution in [0.2, 0.25) is 5.02 Å². The van der Waals surface area contributed by atoms with Gasteiger partial charge in [0.15, 0.2) is 16.4 Å². The smallest absolute Gasteiger partial charge is 0.322 e. The molecular weight excluding hydrogens is 418 g/mol. The van der Waals surface area contributed by atoms with E-state index in [-0.39, 0.29) is 23.4 Å². The van der Waals surface area contributed by atoms with E-state index in [9.17, 15) is 13.2 Å². The maximum atomic E-state index is 12.2. The number of carbonyl (C=O) groups is 1. The first-order valence-electron chi connectivity index (χ1n) is 8.62. The number of halogens is 1. The Morgan fingerprint density at radius 2 is 1.76 bits per heavy atom. The van der Waals surface area contributed by atoms with Crippen LogP contribution in [0.5, 0.6) is 5.75 Å². The largest absolute Gasteiger partial charge is 0.484 e. The van der Waals surface area contributed by atoms with Gasteiger partial charge in [-0.05, 0) is 62.4 Å². The van der Waals surface area contributed by atoms with E-state index in [0.29, 0.717) is 16.3 Å². The zero-order valence-electron chi connectivity index (χ0n) is 15.6. The van der Waals surface area contributed by atoms with E-state index in [1.165, 1.54) is 12.1 Å². The molecule has 0 bridgehead atoms. The van der Waals surface area contributed by atoms with Crippen molar-refractivity contribution in [2.45, 2.75) is 24.0 Å². The summed E-state index contributed by atoms with van der Waals surface area (Å²) in [5.74, 6) is 0.160. The number of anilines is 1. The second kappa shape index (κ2) is 8.62. The molecule has 10 heteroatoms. The SMILES string of the molecule is CC(C)S(=O)(=O)c1ccc(-c2nnc(NC(=O)COc3ccc(Cl)cc3)o2)cc1. The molecule has 0 spiro atoms. The molecule has 0 aliphatic carbocycles. The number of hydrogen-bond acceptors (Lipinski definition) is 7. The van der Waals surface area contributed by atoms with Crippen molar-refractivity contribution in [2.75, 3.05) is 11.9 Å². The summed E-state index contributed by atoms with van der Waals surface area (Å²) in [6.07, 6.45) is 0. The molecule has 0 aliphatic rings. The van der Waals surface area contributed by atoms with Crippen LogP contribution in [0, 0.1) is 0 Å². The lowest BCUT2D eigenvalue weighted by Crippen LogP contribution is -2.20. The highest BCUT2D eigenvalue weighted by molar-refractivity contribution is 7.92. The summed E-state index contributed by atoms with van der Waals surface area (Å²) < 4.78 is 35.1. The topological polar surface area (TPSA) is 111 Å². The van der Waals surface area contributed by atoms with Crippen LogP contribution in [-0.2, 0) is 14.6 Å². The third kappa shape index (κ3) is 5.12. The molecule has 8 nitrogen and oxygen atoms in total. The highest BCUT2D eigenvalue weighted by Gasteiger charge is 2.19. The van der Waals surface area contributed by atoms with Crippen LogP contribution in [0.25, 0.3) is 11.5 Å². The molecule has 3 rings (SSSR count). The van der Waals surface area contributed by atoms with Crippen LogP contribution < -0.4 is 10.1 Å². The lowest BCUT2D eigenvalue weighted by atomic mass is 10.2. The minimum Gasteiger partial charge on any atom is -0.484 e. The maximum Gasteiger partial charge on any atom is 0.322 e. The number of nitrogens with one attached hydrogen (secondary N) is 1. The molecule has 1 amide bonds. The molecule has 2 aromatic carbocycles. The molecule has 0 fully saturated rings. The van der Waals surface area contributed by atoms with Gasteiger partial charge < -0.3 is 9.15 Å². The molecule has 0 atom stereocenters. The Balaban J connectivity index is 1.61. The number of rotatable bonds is 7. The molecule has 0 unspecified atom stereocenters. The highest BCUT2D eigenvalue weighted by atomic mass is 35.5. The lowest BCUT2D eigenvalue weighted by Gasteiger charge is -2.07. The molecule has 0 aliphatic heterocycles. The Labute approximate surface area is 172 Å². The van der Waals surface area contributed by atoms with E-state index in [4.69, 9.17) is 20.8 Å². The van der Waals surface area contributed by atoms with Gasteiger partial charge in [0.05, 0.1) is 10.1 Å². The van der Waals surface area contributed by atoms with Gasteiger partial charge in [-0.2, -0.15) is 0 Å². The number of carbonyl (C=O) groups excluding carboxylic acids is 1.